The van der Waals surface area contributed by atoms with E-state index in [4.69, 9.17) is 4.74 Å². The van der Waals surface area contributed by atoms with Crippen LogP contribution in [0.2, 0.25) is 0 Å². The zero-order valence-electron chi connectivity index (χ0n) is 8.82. The predicted molar refractivity (Wildman–Crippen MR) is 57.9 cm³/mol. The lowest BCUT2D eigenvalue weighted by atomic mass is 10.0. The smallest absolute Gasteiger partial charge is 0.402 e. The Kier molecular flexibility index (Phi) is 2.72. The minimum atomic E-state index is -0.850. The number of hydrogen-bond acceptors (Lipinski definition) is 3. The fourth-order valence-electron chi connectivity index (χ4n) is 1.59. The van der Waals surface area contributed by atoms with Crippen LogP contribution in [0.4, 0.5) is 0 Å². The average Bonchev–Trinajstić information content (AvgIpc) is 2.61. The molecule has 1 amide bonds. The van der Waals surface area contributed by atoms with Crippen LogP contribution in [-0.4, -0.2) is 11.9 Å². The third-order valence-electron chi connectivity index (χ3n) is 2.36. The summed E-state index contributed by atoms with van der Waals surface area (Å²) in [6.45, 7) is 1.94. The summed E-state index contributed by atoms with van der Waals surface area (Å²) in [5, 5.41) is 2.42. The van der Waals surface area contributed by atoms with E-state index >= 15 is 0 Å². The summed E-state index contributed by atoms with van der Waals surface area (Å²) >= 11 is 0. The average molecular weight is 217 g/mol. The lowest BCUT2D eigenvalue weighted by molar-refractivity contribution is -0.145. The number of carbonyl (C=O) groups excluding carboxylic acids is 2. The van der Waals surface area contributed by atoms with E-state index < -0.39 is 11.9 Å². The van der Waals surface area contributed by atoms with E-state index in [0.717, 1.165) is 11.1 Å². The molecule has 0 spiro atoms. The number of nitrogens with one attached hydrogen (secondary N) is 1. The van der Waals surface area contributed by atoms with Gasteiger partial charge in [-0.25, -0.2) is 4.79 Å². The maximum absolute atomic E-state index is 11.0. The number of esters is 1. The molecule has 0 aliphatic carbocycles. The molecule has 1 N–H and O–H groups in total. The number of carbonyl (C=O) groups is 2. The van der Waals surface area contributed by atoms with Crippen LogP contribution in [-0.2, 0) is 14.3 Å². The lowest BCUT2D eigenvalue weighted by Crippen LogP contribution is -2.18. The van der Waals surface area contributed by atoms with Crippen LogP contribution in [0, 0.1) is 0 Å². The van der Waals surface area contributed by atoms with Gasteiger partial charge in [0.25, 0.3) is 0 Å². The first kappa shape index (κ1) is 10.4. The molecule has 4 heteroatoms. The van der Waals surface area contributed by atoms with Gasteiger partial charge in [-0.05, 0) is 12.0 Å². The summed E-state index contributed by atoms with van der Waals surface area (Å²) in [7, 11) is 0. The number of allylic oxidation sites excluding steroid dienone is 1. The predicted octanol–water partition coefficient (Wildman–Crippen LogP) is 1.44. The molecule has 16 heavy (non-hydrogen) atoms. The minimum absolute atomic E-state index is 0.253. The maximum Gasteiger partial charge on any atom is 0.403 e. The van der Waals surface area contributed by atoms with Gasteiger partial charge in [-0.1, -0.05) is 37.3 Å². The molecule has 0 saturated carbocycles. The van der Waals surface area contributed by atoms with E-state index in [2.05, 4.69) is 5.32 Å². The molecule has 1 fully saturated rings. The van der Waals surface area contributed by atoms with Gasteiger partial charge in [-0.2, -0.15) is 0 Å². The standard InChI is InChI=1S/C12H11NO3/c1-2-9(8-6-4-3-5-7-8)11-13-10(14)12(15)16-11/h3-7H,2H2,1H3,(H,13,14). The molecular formula is C12H11NO3. The van der Waals surface area contributed by atoms with Crippen LogP contribution >= 0.6 is 0 Å². The van der Waals surface area contributed by atoms with Gasteiger partial charge in [0.1, 0.15) is 0 Å². The zero-order chi connectivity index (χ0) is 11.5. The van der Waals surface area contributed by atoms with E-state index in [1.54, 1.807) is 0 Å². The molecule has 0 aromatic heterocycles. The van der Waals surface area contributed by atoms with Crippen molar-refractivity contribution in [3.8, 4) is 0 Å². The first-order chi connectivity index (χ1) is 7.72. The van der Waals surface area contributed by atoms with Crippen molar-refractivity contribution < 1.29 is 14.3 Å². The highest BCUT2D eigenvalue weighted by Gasteiger charge is 2.29. The Hall–Kier alpha value is -2.10. The van der Waals surface area contributed by atoms with Crippen molar-refractivity contribution in [1.82, 2.24) is 5.32 Å². The van der Waals surface area contributed by atoms with E-state index in [9.17, 15) is 9.59 Å². The van der Waals surface area contributed by atoms with Crippen molar-refractivity contribution in [1.29, 1.82) is 0 Å². The van der Waals surface area contributed by atoms with Crippen LogP contribution in [0.5, 0.6) is 0 Å². The van der Waals surface area contributed by atoms with Crippen molar-refractivity contribution in [2.24, 2.45) is 0 Å². The van der Waals surface area contributed by atoms with E-state index in [0.29, 0.717) is 6.42 Å². The van der Waals surface area contributed by atoms with Crippen molar-refractivity contribution in [3.05, 3.63) is 41.8 Å². The molecule has 0 radical (unpaired) electrons. The second-order valence-corrected chi connectivity index (χ2v) is 3.37. The number of amides is 1. The molecule has 0 unspecified atom stereocenters. The largest absolute Gasteiger partial charge is 0.403 e. The zero-order valence-corrected chi connectivity index (χ0v) is 8.82. The third-order valence-corrected chi connectivity index (χ3v) is 2.36. The van der Waals surface area contributed by atoms with Crippen LogP contribution < -0.4 is 5.32 Å². The van der Waals surface area contributed by atoms with Crippen LogP contribution in [0.3, 0.4) is 0 Å². The van der Waals surface area contributed by atoms with Gasteiger partial charge in [0.2, 0.25) is 5.88 Å². The third kappa shape index (κ3) is 1.82. The summed E-state index contributed by atoms with van der Waals surface area (Å²) in [5.41, 5.74) is 1.76. The number of benzene rings is 1. The quantitative estimate of drug-likeness (QED) is 0.602. The maximum atomic E-state index is 11.0. The van der Waals surface area contributed by atoms with Crippen molar-refractivity contribution >= 4 is 17.4 Å². The summed E-state index contributed by atoms with van der Waals surface area (Å²) < 4.78 is 4.86. The van der Waals surface area contributed by atoms with Crippen molar-refractivity contribution in [2.45, 2.75) is 13.3 Å². The highest BCUT2D eigenvalue weighted by Crippen LogP contribution is 2.23. The van der Waals surface area contributed by atoms with Crippen LogP contribution in [0.1, 0.15) is 18.9 Å². The lowest BCUT2D eigenvalue weighted by Gasteiger charge is -2.07. The van der Waals surface area contributed by atoms with E-state index in [1.807, 2.05) is 37.3 Å². The molecule has 4 nitrogen and oxygen atoms in total. The molecule has 1 aromatic carbocycles. The van der Waals surface area contributed by atoms with Gasteiger partial charge in [0.15, 0.2) is 0 Å². The van der Waals surface area contributed by atoms with Gasteiger partial charge in [-0.15, -0.1) is 0 Å². The molecule has 1 saturated heterocycles. The molecule has 1 heterocycles. The highest BCUT2D eigenvalue weighted by atomic mass is 16.6. The second kappa shape index (κ2) is 4.18. The number of rotatable bonds is 2. The Morgan fingerprint density at radius 3 is 2.44 bits per heavy atom. The number of cyclic esters (lactones) is 1. The van der Waals surface area contributed by atoms with Crippen LogP contribution in [0.25, 0.3) is 5.57 Å². The molecule has 0 atom stereocenters. The van der Waals surface area contributed by atoms with Gasteiger partial charge < -0.3 is 4.74 Å². The fourth-order valence-corrected chi connectivity index (χ4v) is 1.59. The number of ether oxygens (including phenoxy) is 1. The monoisotopic (exact) mass is 217 g/mol. The SMILES string of the molecule is CCC(=C1NC(=O)C(=O)O1)c1ccccc1. The van der Waals surface area contributed by atoms with Gasteiger partial charge >= 0.3 is 11.9 Å². The molecule has 2 rings (SSSR count). The second-order valence-electron chi connectivity index (χ2n) is 3.37. The Morgan fingerprint density at radius 2 is 1.94 bits per heavy atom. The number of hydrogen-bond donors (Lipinski definition) is 1. The Bertz CT molecular complexity index is 444. The Labute approximate surface area is 92.9 Å². The molecule has 82 valence electrons. The molecule has 1 aromatic rings. The van der Waals surface area contributed by atoms with Crippen molar-refractivity contribution in [3.63, 3.8) is 0 Å². The minimum Gasteiger partial charge on any atom is -0.402 e. The van der Waals surface area contributed by atoms with E-state index in [1.165, 1.54) is 0 Å². The Morgan fingerprint density at radius 1 is 1.25 bits per heavy atom. The first-order valence-corrected chi connectivity index (χ1v) is 5.04. The van der Waals surface area contributed by atoms with E-state index in [-0.39, 0.29) is 5.88 Å². The first-order valence-electron chi connectivity index (χ1n) is 5.04. The molecule has 0 bridgehead atoms. The normalized spacial score (nSPS) is 18.1. The van der Waals surface area contributed by atoms with Crippen molar-refractivity contribution in [2.75, 3.05) is 0 Å². The van der Waals surface area contributed by atoms with Gasteiger partial charge in [0, 0.05) is 5.57 Å². The molecule has 1 aliphatic heterocycles. The topological polar surface area (TPSA) is 55.4 Å². The summed E-state index contributed by atoms with van der Waals surface area (Å²) in [5.74, 6) is -1.31. The fraction of sp³-hybridized carbons (Fsp3) is 0.167. The summed E-state index contributed by atoms with van der Waals surface area (Å²) in [6.07, 6.45) is 0.674. The van der Waals surface area contributed by atoms with Gasteiger partial charge in [-0.3, -0.25) is 10.1 Å². The molecular weight excluding hydrogens is 206 g/mol. The molecule has 1 aliphatic rings. The summed E-state index contributed by atoms with van der Waals surface area (Å²) in [6, 6.07) is 9.50. The Balaban J connectivity index is 2.40. The highest BCUT2D eigenvalue weighted by molar-refractivity contribution is 6.35. The van der Waals surface area contributed by atoms with Crippen LogP contribution in [0.15, 0.2) is 36.2 Å². The van der Waals surface area contributed by atoms with Gasteiger partial charge in [0.05, 0.1) is 0 Å². The summed E-state index contributed by atoms with van der Waals surface area (Å²) in [4.78, 5) is 22.0.